The zero-order valence-corrected chi connectivity index (χ0v) is 11.2. The van der Waals surface area contributed by atoms with Gasteiger partial charge < -0.3 is 10.2 Å². The van der Waals surface area contributed by atoms with Crippen LogP contribution in [0.1, 0.15) is 45.4 Å². The van der Waals surface area contributed by atoms with Crippen LogP contribution in [0.15, 0.2) is 0 Å². The van der Waals surface area contributed by atoms with E-state index in [1.807, 2.05) is 11.9 Å². The molecular formula is C14H26N2O. The Bertz CT molecular complexity index is 257. The average Bonchev–Trinajstić information content (AvgIpc) is 2.27. The van der Waals surface area contributed by atoms with Gasteiger partial charge >= 0.3 is 0 Å². The molecule has 98 valence electrons. The molecule has 0 aromatic heterocycles. The lowest BCUT2D eigenvalue weighted by atomic mass is 9.84. The van der Waals surface area contributed by atoms with Gasteiger partial charge in [-0.05, 0) is 57.0 Å². The number of rotatable bonds is 4. The molecule has 0 spiro atoms. The predicted molar refractivity (Wildman–Crippen MR) is 69.8 cm³/mol. The standard InChI is InChI=1S/C14H26N2O/c1-11(12-5-4-8-15-10-12)9-14(17)16(2)13-6-3-7-13/h11-13,15H,3-10H2,1-2H3. The maximum Gasteiger partial charge on any atom is 0.222 e. The molecule has 1 aliphatic carbocycles. The highest BCUT2D eigenvalue weighted by Crippen LogP contribution is 2.27. The second kappa shape index (κ2) is 5.85. The van der Waals surface area contributed by atoms with Crippen LogP contribution in [0.25, 0.3) is 0 Å². The second-order valence-electron chi connectivity index (χ2n) is 5.88. The van der Waals surface area contributed by atoms with Crippen molar-refractivity contribution >= 4 is 5.91 Å². The van der Waals surface area contributed by atoms with Crippen LogP contribution >= 0.6 is 0 Å². The summed E-state index contributed by atoms with van der Waals surface area (Å²) in [7, 11) is 1.98. The Morgan fingerprint density at radius 2 is 2.12 bits per heavy atom. The van der Waals surface area contributed by atoms with Crippen LogP contribution in [0.4, 0.5) is 0 Å². The number of piperidine rings is 1. The average molecular weight is 238 g/mol. The highest BCUT2D eigenvalue weighted by atomic mass is 16.2. The summed E-state index contributed by atoms with van der Waals surface area (Å²) in [5.74, 6) is 1.58. The molecule has 0 aromatic rings. The maximum absolute atomic E-state index is 12.1. The topological polar surface area (TPSA) is 32.3 Å². The van der Waals surface area contributed by atoms with Gasteiger partial charge in [0, 0.05) is 19.5 Å². The number of hydrogen-bond acceptors (Lipinski definition) is 2. The van der Waals surface area contributed by atoms with Gasteiger partial charge in [-0.25, -0.2) is 0 Å². The number of hydrogen-bond donors (Lipinski definition) is 1. The van der Waals surface area contributed by atoms with Crippen LogP contribution in [0.5, 0.6) is 0 Å². The fraction of sp³-hybridized carbons (Fsp3) is 0.929. The molecule has 1 N–H and O–H groups in total. The highest BCUT2D eigenvalue weighted by Gasteiger charge is 2.28. The largest absolute Gasteiger partial charge is 0.343 e. The molecule has 1 heterocycles. The molecule has 2 rings (SSSR count). The van der Waals surface area contributed by atoms with Crippen LogP contribution < -0.4 is 5.32 Å². The van der Waals surface area contributed by atoms with Gasteiger partial charge in [-0.3, -0.25) is 4.79 Å². The molecule has 0 radical (unpaired) electrons. The molecule has 2 aliphatic rings. The predicted octanol–water partition coefficient (Wildman–Crippen LogP) is 2.02. The number of nitrogens with one attached hydrogen (secondary N) is 1. The van der Waals surface area contributed by atoms with E-state index in [-0.39, 0.29) is 0 Å². The number of carbonyl (C=O) groups is 1. The lowest BCUT2D eigenvalue weighted by Gasteiger charge is -2.36. The van der Waals surface area contributed by atoms with Crippen molar-refractivity contribution in [3.05, 3.63) is 0 Å². The lowest BCUT2D eigenvalue weighted by Crippen LogP contribution is -2.43. The van der Waals surface area contributed by atoms with E-state index in [0.29, 0.717) is 23.8 Å². The molecule has 0 aromatic carbocycles. The first-order valence-electron chi connectivity index (χ1n) is 7.15. The van der Waals surface area contributed by atoms with Gasteiger partial charge in [-0.2, -0.15) is 0 Å². The van der Waals surface area contributed by atoms with Crippen molar-refractivity contribution in [2.45, 2.75) is 51.5 Å². The fourth-order valence-corrected chi connectivity index (χ4v) is 2.93. The summed E-state index contributed by atoms with van der Waals surface area (Å²) >= 11 is 0. The van der Waals surface area contributed by atoms with E-state index in [2.05, 4.69) is 12.2 Å². The van der Waals surface area contributed by atoms with E-state index in [9.17, 15) is 4.79 Å². The van der Waals surface area contributed by atoms with Gasteiger partial charge in [0.1, 0.15) is 0 Å². The molecule has 1 aliphatic heterocycles. The summed E-state index contributed by atoms with van der Waals surface area (Å²) in [5.41, 5.74) is 0. The van der Waals surface area contributed by atoms with E-state index in [0.717, 1.165) is 19.5 Å². The normalized spacial score (nSPS) is 27.3. The third kappa shape index (κ3) is 3.21. The number of carbonyl (C=O) groups excluding carboxylic acids is 1. The smallest absolute Gasteiger partial charge is 0.222 e. The molecule has 1 saturated heterocycles. The van der Waals surface area contributed by atoms with Crippen molar-refractivity contribution in [1.29, 1.82) is 0 Å². The minimum Gasteiger partial charge on any atom is -0.343 e. The highest BCUT2D eigenvalue weighted by molar-refractivity contribution is 5.76. The van der Waals surface area contributed by atoms with E-state index in [1.54, 1.807) is 0 Å². The summed E-state index contributed by atoms with van der Waals surface area (Å²) in [6, 6.07) is 0.541. The summed E-state index contributed by atoms with van der Waals surface area (Å²) in [4.78, 5) is 14.1. The molecule has 3 heteroatoms. The maximum atomic E-state index is 12.1. The Labute approximate surface area is 105 Å². The number of nitrogens with zero attached hydrogens (tertiary/aromatic N) is 1. The first-order chi connectivity index (χ1) is 8.18. The van der Waals surface area contributed by atoms with E-state index in [1.165, 1.54) is 32.1 Å². The first-order valence-corrected chi connectivity index (χ1v) is 7.15. The van der Waals surface area contributed by atoms with Crippen LogP contribution in [-0.4, -0.2) is 37.0 Å². The lowest BCUT2D eigenvalue weighted by molar-refractivity contribution is -0.134. The van der Waals surface area contributed by atoms with E-state index in [4.69, 9.17) is 0 Å². The van der Waals surface area contributed by atoms with Crippen molar-refractivity contribution in [2.24, 2.45) is 11.8 Å². The summed E-state index contributed by atoms with van der Waals surface area (Å²) in [5, 5.41) is 3.44. The van der Waals surface area contributed by atoms with E-state index < -0.39 is 0 Å². The second-order valence-corrected chi connectivity index (χ2v) is 5.88. The van der Waals surface area contributed by atoms with Gasteiger partial charge in [0.2, 0.25) is 5.91 Å². The zero-order valence-electron chi connectivity index (χ0n) is 11.2. The van der Waals surface area contributed by atoms with Gasteiger partial charge in [0.05, 0.1) is 0 Å². The van der Waals surface area contributed by atoms with Crippen molar-refractivity contribution < 1.29 is 4.79 Å². The molecule has 2 atom stereocenters. The molecule has 1 saturated carbocycles. The summed E-state index contributed by atoms with van der Waals surface area (Å²) < 4.78 is 0. The Hall–Kier alpha value is -0.570. The zero-order chi connectivity index (χ0) is 12.3. The molecule has 1 amide bonds. The van der Waals surface area contributed by atoms with Crippen molar-refractivity contribution in [3.8, 4) is 0 Å². The van der Waals surface area contributed by atoms with E-state index >= 15 is 0 Å². The molecule has 3 nitrogen and oxygen atoms in total. The minimum atomic E-state index is 0.354. The Kier molecular flexibility index (Phi) is 4.43. The Morgan fingerprint density at radius 1 is 1.35 bits per heavy atom. The monoisotopic (exact) mass is 238 g/mol. The molecule has 2 unspecified atom stereocenters. The third-order valence-electron chi connectivity index (χ3n) is 4.65. The Balaban J connectivity index is 1.76. The van der Waals surface area contributed by atoms with Crippen LogP contribution in [0.2, 0.25) is 0 Å². The quantitative estimate of drug-likeness (QED) is 0.812. The van der Waals surface area contributed by atoms with Gasteiger partial charge in [-0.1, -0.05) is 6.92 Å². The molecule has 0 bridgehead atoms. The molecule has 2 fully saturated rings. The fourth-order valence-electron chi connectivity index (χ4n) is 2.93. The Morgan fingerprint density at radius 3 is 2.65 bits per heavy atom. The van der Waals surface area contributed by atoms with Crippen LogP contribution in [-0.2, 0) is 4.79 Å². The van der Waals surface area contributed by atoms with Crippen LogP contribution in [0, 0.1) is 11.8 Å². The molecular weight excluding hydrogens is 212 g/mol. The summed E-state index contributed by atoms with van der Waals surface area (Å²) in [6.45, 7) is 4.49. The van der Waals surface area contributed by atoms with Gasteiger partial charge in [0.15, 0.2) is 0 Å². The minimum absolute atomic E-state index is 0.354. The van der Waals surface area contributed by atoms with Crippen molar-refractivity contribution in [1.82, 2.24) is 10.2 Å². The van der Waals surface area contributed by atoms with Gasteiger partial charge in [0.25, 0.3) is 0 Å². The molecule has 17 heavy (non-hydrogen) atoms. The SMILES string of the molecule is CC(CC(=O)N(C)C1CCC1)C1CCCNC1. The van der Waals surface area contributed by atoms with Crippen molar-refractivity contribution in [2.75, 3.05) is 20.1 Å². The van der Waals surface area contributed by atoms with Gasteiger partial charge in [-0.15, -0.1) is 0 Å². The first kappa shape index (κ1) is 12.9. The van der Waals surface area contributed by atoms with Crippen LogP contribution in [0.3, 0.4) is 0 Å². The number of amides is 1. The third-order valence-corrected chi connectivity index (χ3v) is 4.65. The summed E-state index contributed by atoms with van der Waals surface area (Å²) in [6.07, 6.45) is 7.00. The van der Waals surface area contributed by atoms with Crippen molar-refractivity contribution in [3.63, 3.8) is 0 Å².